The smallest absolute Gasteiger partial charge is 0.229 e. The minimum atomic E-state index is -0.744. The fourth-order valence-corrected chi connectivity index (χ4v) is 4.65. The van der Waals surface area contributed by atoms with E-state index in [1.807, 2.05) is 58.0 Å². The monoisotopic (exact) mass is 565 g/mol. The van der Waals surface area contributed by atoms with Crippen LogP contribution >= 0.6 is 0 Å². The minimum Gasteiger partial charge on any atom is -0.400 e. The molecule has 0 amide bonds. The van der Waals surface area contributed by atoms with Gasteiger partial charge in [-0.1, -0.05) is 32.9 Å². The van der Waals surface area contributed by atoms with Crippen LogP contribution in [0.2, 0.25) is 0 Å². The number of aliphatic imine (C=N–C) groups is 1. The van der Waals surface area contributed by atoms with Crippen molar-refractivity contribution in [2.45, 2.75) is 73.1 Å². The summed E-state index contributed by atoms with van der Waals surface area (Å²) in [6, 6.07) is 9.22. The Labute approximate surface area is 241 Å². The van der Waals surface area contributed by atoms with Crippen LogP contribution in [0, 0.1) is 5.41 Å². The second kappa shape index (κ2) is 15.3. The maximum absolute atomic E-state index is 11.1. The van der Waals surface area contributed by atoms with Crippen molar-refractivity contribution in [1.82, 2.24) is 19.7 Å². The van der Waals surface area contributed by atoms with Gasteiger partial charge < -0.3 is 29.2 Å². The number of aromatic nitrogens is 4. The number of nitrogens with zero attached hydrogens (tertiary/aromatic N) is 5. The van der Waals surface area contributed by atoms with Gasteiger partial charge in [0.1, 0.15) is 12.3 Å². The minimum absolute atomic E-state index is 0.0185. The highest BCUT2D eigenvalue weighted by atomic mass is 16.5. The van der Waals surface area contributed by atoms with E-state index in [0.29, 0.717) is 36.7 Å². The lowest BCUT2D eigenvalue weighted by atomic mass is 9.84. The Hall–Kier alpha value is -3.73. The Morgan fingerprint density at radius 3 is 2.51 bits per heavy atom. The molecule has 0 aliphatic rings. The van der Waals surface area contributed by atoms with E-state index in [1.54, 1.807) is 13.1 Å². The topological polar surface area (TPSA) is 147 Å². The predicted octanol–water partition coefficient (Wildman–Crippen LogP) is 4.83. The standard InChI is InChI=1S/C28H33N5O4.C2H6.CH4O/c1-6-33-23-10-9-18(27-31-24(37-32-27)13-19(15-34)29-5)12-21(23)22(14-28(3,4)16-35)26(33)20-8-7-11-30-25(20)17(2)36;2*1-2/h7-12,15,17,19,35-36H,5-6,13-14,16H2,1-4H3;1-2H3;2H,1H3. The summed E-state index contributed by atoms with van der Waals surface area (Å²) >= 11 is 0. The average molecular weight is 566 g/mol. The highest BCUT2D eigenvalue weighted by molar-refractivity contribution is 5.94. The summed E-state index contributed by atoms with van der Waals surface area (Å²) in [6.45, 7) is 16.0. The highest BCUT2D eigenvalue weighted by Crippen LogP contribution is 2.41. The molecule has 0 radical (unpaired) electrons. The first kappa shape index (κ1) is 33.5. The number of hydrogen-bond donors (Lipinski definition) is 3. The van der Waals surface area contributed by atoms with E-state index in [9.17, 15) is 15.0 Å². The van der Waals surface area contributed by atoms with E-state index in [4.69, 9.17) is 9.63 Å². The first-order valence-electron chi connectivity index (χ1n) is 13.8. The lowest BCUT2D eigenvalue weighted by Gasteiger charge is -2.23. The first-order chi connectivity index (χ1) is 19.7. The maximum atomic E-state index is 11.1. The van der Waals surface area contributed by atoms with E-state index >= 15 is 0 Å². The molecule has 2 unspecified atom stereocenters. The van der Waals surface area contributed by atoms with E-state index in [-0.39, 0.29) is 18.4 Å². The molecule has 0 aliphatic carbocycles. The van der Waals surface area contributed by atoms with E-state index < -0.39 is 12.1 Å². The zero-order valence-corrected chi connectivity index (χ0v) is 25.1. The molecule has 3 heterocycles. The number of carbonyl (C=O) groups is 1. The number of aliphatic hydroxyl groups is 3. The van der Waals surface area contributed by atoms with Gasteiger partial charge in [-0.15, -0.1) is 0 Å². The molecule has 0 saturated carbocycles. The van der Waals surface area contributed by atoms with Crippen LogP contribution in [0.3, 0.4) is 0 Å². The summed E-state index contributed by atoms with van der Waals surface area (Å²) in [7, 11) is 1.00. The number of hydrogen-bond acceptors (Lipinski definition) is 9. The van der Waals surface area contributed by atoms with Crippen molar-refractivity contribution in [3.05, 3.63) is 53.7 Å². The van der Waals surface area contributed by atoms with Crippen LogP contribution in [-0.2, 0) is 24.2 Å². The lowest BCUT2D eigenvalue weighted by Crippen LogP contribution is -2.20. The normalized spacial score (nSPS) is 12.5. The molecule has 3 N–H and O–H groups in total. The molecule has 2 atom stereocenters. The molecule has 0 bridgehead atoms. The molecule has 1 aromatic carbocycles. The molecule has 0 fully saturated rings. The average Bonchev–Trinajstić information content (AvgIpc) is 3.59. The van der Waals surface area contributed by atoms with Crippen LogP contribution in [-0.4, -0.2) is 67.8 Å². The van der Waals surface area contributed by atoms with Crippen molar-refractivity contribution in [1.29, 1.82) is 0 Å². The van der Waals surface area contributed by atoms with Gasteiger partial charge in [0.15, 0.2) is 0 Å². The van der Waals surface area contributed by atoms with Gasteiger partial charge in [0.25, 0.3) is 0 Å². The Morgan fingerprint density at radius 2 is 1.93 bits per heavy atom. The van der Waals surface area contributed by atoms with Crippen LogP contribution in [0.1, 0.15) is 64.8 Å². The molecule has 3 aromatic heterocycles. The third kappa shape index (κ3) is 7.52. The number of aliphatic hydroxyl groups excluding tert-OH is 3. The number of aldehydes is 1. The van der Waals surface area contributed by atoms with Gasteiger partial charge in [-0.05, 0) is 68.3 Å². The van der Waals surface area contributed by atoms with E-state index in [2.05, 4.69) is 38.3 Å². The first-order valence-corrected chi connectivity index (χ1v) is 13.8. The largest absolute Gasteiger partial charge is 0.400 e. The third-order valence-electron chi connectivity index (χ3n) is 6.56. The summed E-state index contributed by atoms with van der Waals surface area (Å²) in [5.41, 5.74) is 4.89. The molecule has 4 aromatic rings. The molecule has 4 rings (SSSR count). The molecule has 41 heavy (non-hydrogen) atoms. The Bertz CT molecular complexity index is 1420. The molecule has 0 saturated heterocycles. The summed E-state index contributed by atoms with van der Waals surface area (Å²) < 4.78 is 7.59. The van der Waals surface area contributed by atoms with Crippen molar-refractivity contribution in [2.75, 3.05) is 13.7 Å². The molecule has 222 valence electrons. The van der Waals surface area contributed by atoms with Gasteiger partial charge in [-0.25, -0.2) is 0 Å². The molecular formula is C31H43N5O5. The van der Waals surface area contributed by atoms with Gasteiger partial charge in [0.05, 0.1) is 23.9 Å². The summed E-state index contributed by atoms with van der Waals surface area (Å²) in [5, 5.41) is 32.7. The van der Waals surface area contributed by atoms with Crippen molar-refractivity contribution >= 4 is 23.9 Å². The molecule has 10 nitrogen and oxygen atoms in total. The molecule has 10 heteroatoms. The van der Waals surface area contributed by atoms with Crippen LogP contribution in [0.4, 0.5) is 0 Å². The van der Waals surface area contributed by atoms with Gasteiger partial charge in [-0.2, -0.15) is 4.98 Å². The Balaban J connectivity index is 0.00000141. The van der Waals surface area contributed by atoms with Gasteiger partial charge >= 0.3 is 0 Å². The molecule has 0 aliphatic heterocycles. The van der Waals surface area contributed by atoms with Crippen molar-refractivity contribution < 1.29 is 24.6 Å². The quantitative estimate of drug-likeness (QED) is 0.173. The van der Waals surface area contributed by atoms with E-state index in [1.165, 1.54) is 0 Å². The fourth-order valence-electron chi connectivity index (χ4n) is 4.65. The fraction of sp³-hybridized carbons (Fsp3) is 0.452. The van der Waals surface area contributed by atoms with Crippen LogP contribution in [0.25, 0.3) is 33.5 Å². The van der Waals surface area contributed by atoms with Crippen LogP contribution in [0.5, 0.6) is 0 Å². The van der Waals surface area contributed by atoms with Crippen molar-refractivity contribution in [3.63, 3.8) is 0 Å². The number of fused-ring (bicyclic) bond motifs is 1. The zero-order valence-electron chi connectivity index (χ0n) is 25.1. The van der Waals surface area contributed by atoms with Crippen molar-refractivity contribution in [3.8, 4) is 22.6 Å². The van der Waals surface area contributed by atoms with Crippen molar-refractivity contribution in [2.24, 2.45) is 10.4 Å². The highest BCUT2D eigenvalue weighted by Gasteiger charge is 2.27. The number of benzene rings is 1. The number of rotatable bonds is 11. The number of carbonyl (C=O) groups excluding carboxylic acids is 1. The van der Waals surface area contributed by atoms with Gasteiger partial charge in [-0.3, -0.25) is 9.98 Å². The zero-order chi connectivity index (χ0) is 30.7. The predicted molar refractivity (Wildman–Crippen MR) is 162 cm³/mol. The van der Waals surface area contributed by atoms with Gasteiger partial charge in [0, 0.05) is 48.5 Å². The molecular weight excluding hydrogens is 522 g/mol. The Kier molecular flexibility index (Phi) is 12.5. The van der Waals surface area contributed by atoms with Gasteiger partial charge in [0.2, 0.25) is 11.7 Å². The van der Waals surface area contributed by atoms with Crippen LogP contribution < -0.4 is 0 Å². The number of aryl methyl sites for hydroxylation is 1. The number of pyridine rings is 1. The molecule has 0 spiro atoms. The summed E-state index contributed by atoms with van der Waals surface area (Å²) in [5.74, 6) is 0.722. The maximum Gasteiger partial charge on any atom is 0.229 e. The summed E-state index contributed by atoms with van der Waals surface area (Å²) in [6.07, 6.45) is 2.44. The lowest BCUT2D eigenvalue weighted by molar-refractivity contribution is -0.108. The third-order valence-corrected chi connectivity index (χ3v) is 6.56. The summed E-state index contributed by atoms with van der Waals surface area (Å²) in [4.78, 5) is 23.8. The second-order valence-corrected chi connectivity index (χ2v) is 10.0. The Morgan fingerprint density at radius 1 is 1.22 bits per heavy atom. The van der Waals surface area contributed by atoms with Crippen LogP contribution in [0.15, 0.2) is 46.0 Å². The SMILES string of the molecule is C=NC(C=O)Cc1nc(-c2ccc3c(c2)c(CC(C)(C)CO)c(-c2cccnc2C(C)O)n3CC)no1.CC.CO. The van der Waals surface area contributed by atoms with E-state index in [0.717, 1.165) is 40.4 Å². The second-order valence-electron chi connectivity index (χ2n) is 10.0.